The summed E-state index contributed by atoms with van der Waals surface area (Å²) in [7, 11) is 0.991. The van der Waals surface area contributed by atoms with Gasteiger partial charge in [0, 0.05) is 10.7 Å². The topological polar surface area (TPSA) is 34.1 Å². The van der Waals surface area contributed by atoms with Crippen molar-refractivity contribution in [2.24, 2.45) is 0 Å². The van der Waals surface area contributed by atoms with Gasteiger partial charge in [0.05, 0.1) is 10.5 Å². The number of hydrogen-bond donors (Lipinski definition) is 0. The van der Waals surface area contributed by atoms with Crippen LogP contribution in [-0.4, -0.2) is 8.42 Å². The summed E-state index contributed by atoms with van der Waals surface area (Å²) in [6.07, 6.45) is -4.46. The van der Waals surface area contributed by atoms with Crippen LogP contribution < -0.4 is 0 Å². The van der Waals surface area contributed by atoms with Gasteiger partial charge in [-0.3, -0.25) is 0 Å². The van der Waals surface area contributed by atoms with Crippen LogP contribution in [0.15, 0.2) is 30.8 Å². The van der Waals surface area contributed by atoms with E-state index in [0.29, 0.717) is 0 Å². The Hall–Kier alpha value is -1.01. The van der Waals surface area contributed by atoms with Crippen LogP contribution in [0.1, 0.15) is 11.1 Å². The predicted molar refractivity (Wildman–Crippen MR) is 55.3 cm³/mol. The molecule has 0 fully saturated rings. The van der Waals surface area contributed by atoms with E-state index in [1.54, 1.807) is 0 Å². The zero-order chi connectivity index (χ0) is 12.6. The average Bonchev–Trinajstić information content (AvgIpc) is 2.14. The van der Waals surface area contributed by atoms with E-state index in [4.69, 9.17) is 10.7 Å². The number of rotatable bonds is 2. The molecule has 0 N–H and O–H groups in total. The van der Waals surface area contributed by atoms with Crippen molar-refractivity contribution in [3.63, 3.8) is 0 Å². The lowest BCUT2D eigenvalue weighted by Gasteiger charge is -2.07. The molecule has 0 atom stereocenters. The summed E-state index contributed by atoms with van der Waals surface area (Å²) in [4.78, 5) is -0.428. The van der Waals surface area contributed by atoms with Crippen LogP contribution >= 0.6 is 10.7 Å². The minimum atomic E-state index is -4.46. The van der Waals surface area contributed by atoms with Crippen molar-refractivity contribution in [3.8, 4) is 0 Å². The summed E-state index contributed by atoms with van der Waals surface area (Å²) in [5.41, 5.74) is -0.834. The van der Waals surface area contributed by atoms with E-state index in [2.05, 4.69) is 6.58 Å². The second kappa shape index (κ2) is 4.10. The Morgan fingerprint density at radius 1 is 1.19 bits per heavy atom. The van der Waals surface area contributed by atoms with E-state index in [9.17, 15) is 21.6 Å². The largest absolute Gasteiger partial charge is 0.416 e. The summed E-state index contributed by atoms with van der Waals surface area (Å²) < 4.78 is 58.3. The first-order valence-electron chi connectivity index (χ1n) is 3.93. The van der Waals surface area contributed by atoms with Crippen LogP contribution in [0.4, 0.5) is 13.2 Å². The van der Waals surface area contributed by atoms with Gasteiger partial charge in [0.2, 0.25) is 0 Å². The number of halogens is 4. The Morgan fingerprint density at radius 3 is 1.94 bits per heavy atom. The molecule has 0 amide bonds. The van der Waals surface area contributed by atoms with Crippen LogP contribution in [0.25, 0.3) is 4.91 Å². The molecule has 0 heterocycles. The Morgan fingerprint density at radius 2 is 1.62 bits per heavy atom. The van der Waals surface area contributed by atoms with Crippen LogP contribution in [-0.2, 0) is 15.2 Å². The predicted octanol–water partition coefficient (Wildman–Crippen LogP) is 3.24. The maximum Gasteiger partial charge on any atom is 0.416 e. The highest BCUT2D eigenvalue weighted by Gasteiger charge is 2.30. The highest BCUT2D eigenvalue weighted by Crippen LogP contribution is 2.31. The lowest BCUT2D eigenvalue weighted by molar-refractivity contribution is -0.137. The molecule has 0 aliphatic rings. The van der Waals surface area contributed by atoms with Gasteiger partial charge in [0.1, 0.15) is 0 Å². The number of benzene rings is 1. The molecule has 1 aromatic carbocycles. The van der Waals surface area contributed by atoms with Crippen LogP contribution in [0, 0.1) is 0 Å². The summed E-state index contributed by atoms with van der Waals surface area (Å²) in [6.45, 7) is 3.19. The molecule has 0 aromatic heterocycles. The molecule has 0 unspecified atom stereocenters. The van der Waals surface area contributed by atoms with Crippen molar-refractivity contribution in [2.75, 3.05) is 0 Å². The zero-order valence-corrected chi connectivity index (χ0v) is 9.33. The van der Waals surface area contributed by atoms with Gasteiger partial charge in [-0.2, -0.15) is 13.2 Å². The van der Waals surface area contributed by atoms with Crippen LogP contribution in [0.3, 0.4) is 0 Å². The first-order chi connectivity index (χ1) is 7.12. The molecule has 7 heteroatoms. The minimum Gasteiger partial charge on any atom is -0.207 e. The van der Waals surface area contributed by atoms with Gasteiger partial charge in [-0.05, 0) is 17.7 Å². The summed E-state index contributed by atoms with van der Waals surface area (Å²) in [5.74, 6) is 0. The van der Waals surface area contributed by atoms with Gasteiger partial charge >= 0.3 is 6.18 Å². The molecule has 2 nitrogen and oxygen atoms in total. The molecule has 0 aliphatic heterocycles. The molecule has 0 bridgehead atoms. The second-order valence-corrected chi connectivity index (χ2v) is 5.52. The van der Waals surface area contributed by atoms with Gasteiger partial charge in [0.15, 0.2) is 0 Å². The lowest BCUT2D eigenvalue weighted by Crippen LogP contribution is -2.04. The van der Waals surface area contributed by atoms with E-state index in [-0.39, 0.29) is 5.56 Å². The van der Waals surface area contributed by atoms with E-state index in [1.165, 1.54) is 0 Å². The lowest BCUT2D eigenvalue weighted by atomic mass is 10.1. The molecule has 1 aromatic rings. The van der Waals surface area contributed by atoms with Gasteiger partial charge in [0.25, 0.3) is 9.05 Å². The Kier molecular flexibility index (Phi) is 3.35. The SMILES string of the molecule is C=C(c1ccc(C(F)(F)F)cc1)S(=O)(=O)Cl. The van der Waals surface area contributed by atoms with Crippen molar-refractivity contribution in [1.82, 2.24) is 0 Å². The van der Waals surface area contributed by atoms with Crippen molar-refractivity contribution in [1.29, 1.82) is 0 Å². The first-order valence-corrected chi connectivity index (χ1v) is 6.24. The van der Waals surface area contributed by atoms with Crippen molar-refractivity contribution >= 4 is 24.6 Å². The van der Waals surface area contributed by atoms with Crippen molar-refractivity contribution < 1.29 is 21.6 Å². The molecule has 16 heavy (non-hydrogen) atoms. The molecule has 0 radical (unpaired) electrons. The zero-order valence-electron chi connectivity index (χ0n) is 7.75. The first kappa shape index (κ1) is 13.1. The number of hydrogen-bond acceptors (Lipinski definition) is 2. The summed E-state index contributed by atoms with van der Waals surface area (Å²) >= 11 is 0. The third-order valence-electron chi connectivity index (χ3n) is 1.83. The van der Waals surface area contributed by atoms with Gasteiger partial charge < -0.3 is 0 Å². The summed E-state index contributed by atoms with van der Waals surface area (Å²) in [6, 6.07) is 3.54. The molecule has 0 spiro atoms. The number of alkyl halides is 3. The fourth-order valence-corrected chi connectivity index (χ4v) is 1.67. The average molecular weight is 271 g/mol. The third-order valence-corrected chi connectivity index (χ3v) is 3.21. The van der Waals surface area contributed by atoms with E-state index >= 15 is 0 Å². The summed E-state index contributed by atoms with van der Waals surface area (Å²) in [5, 5.41) is 0. The Bertz CT molecular complexity index is 503. The molecule has 0 saturated heterocycles. The molecule has 1 rings (SSSR count). The Labute approximate surface area is 94.8 Å². The van der Waals surface area contributed by atoms with Crippen LogP contribution in [0.2, 0.25) is 0 Å². The van der Waals surface area contributed by atoms with E-state index in [0.717, 1.165) is 24.3 Å². The van der Waals surface area contributed by atoms with E-state index < -0.39 is 25.7 Å². The molecular formula is C9H6ClF3O2S. The fraction of sp³-hybridized carbons (Fsp3) is 0.111. The highest BCUT2D eigenvalue weighted by atomic mass is 35.7. The quantitative estimate of drug-likeness (QED) is 0.773. The Balaban J connectivity index is 3.10. The third kappa shape index (κ3) is 2.99. The minimum absolute atomic E-state index is 0.0306. The maximum atomic E-state index is 12.2. The highest BCUT2D eigenvalue weighted by molar-refractivity contribution is 8.21. The van der Waals surface area contributed by atoms with E-state index in [1.807, 2.05) is 0 Å². The molecular weight excluding hydrogens is 265 g/mol. The second-order valence-electron chi connectivity index (χ2n) is 2.94. The van der Waals surface area contributed by atoms with Gasteiger partial charge in [-0.25, -0.2) is 8.42 Å². The maximum absolute atomic E-state index is 12.2. The normalized spacial score (nSPS) is 12.5. The van der Waals surface area contributed by atoms with Crippen LogP contribution in [0.5, 0.6) is 0 Å². The molecule has 0 saturated carbocycles. The van der Waals surface area contributed by atoms with Gasteiger partial charge in [-0.15, -0.1) is 0 Å². The molecule has 88 valence electrons. The standard InChI is InChI=1S/C9H6ClF3O2S/c1-6(16(10,14)15)7-2-4-8(5-3-7)9(11,12)13/h2-5H,1H2. The fourth-order valence-electron chi connectivity index (χ4n) is 0.986. The monoisotopic (exact) mass is 270 g/mol. The van der Waals surface area contributed by atoms with Gasteiger partial charge in [-0.1, -0.05) is 18.7 Å². The molecule has 0 aliphatic carbocycles. The smallest absolute Gasteiger partial charge is 0.207 e. The van der Waals surface area contributed by atoms with Crippen molar-refractivity contribution in [3.05, 3.63) is 42.0 Å². The van der Waals surface area contributed by atoms with Crippen molar-refractivity contribution in [2.45, 2.75) is 6.18 Å².